The average molecular weight is 520 g/mol. The summed E-state index contributed by atoms with van der Waals surface area (Å²) >= 11 is 6.90. The number of aromatic nitrogens is 4. The van der Waals surface area contributed by atoms with Gasteiger partial charge in [0.25, 0.3) is 11.1 Å². The smallest absolute Gasteiger partial charge is 0.279 e. The molecule has 0 saturated heterocycles. The molecule has 4 aromatic rings. The molecular formula is C23H20ClF2N5O3S. The van der Waals surface area contributed by atoms with Crippen LogP contribution in [0.1, 0.15) is 27.9 Å². The fourth-order valence-electron chi connectivity index (χ4n) is 3.47. The molecular weight excluding hydrogens is 500 g/mol. The van der Waals surface area contributed by atoms with Crippen molar-refractivity contribution in [1.29, 1.82) is 0 Å². The number of thiazole rings is 1. The van der Waals surface area contributed by atoms with Gasteiger partial charge in [-0.25, -0.2) is 23.4 Å². The zero-order chi connectivity index (χ0) is 25.2. The summed E-state index contributed by atoms with van der Waals surface area (Å²) in [5.41, 5.74) is -1.77. The van der Waals surface area contributed by atoms with Gasteiger partial charge in [-0.3, -0.25) is 4.79 Å². The van der Waals surface area contributed by atoms with Crippen molar-refractivity contribution in [1.82, 2.24) is 25.1 Å². The number of halogens is 3. The maximum atomic E-state index is 14.7. The van der Waals surface area contributed by atoms with Gasteiger partial charge in [-0.15, -0.1) is 0 Å². The molecule has 2 aromatic heterocycles. The molecule has 35 heavy (non-hydrogen) atoms. The van der Waals surface area contributed by atoms with Crippen LogP contribution < -0.4 is 10.1 Å². The fraction of sp³-hybridized carbons (Fsp3) is 0.217. The summed E-state index contributed by atoms with van der Waals surface area (Å²) in [6.45, 7) is 2.91. The normalized spacial score (nSPS) is 13.8. The van der Waals surface area contributed by atoms with Crippen molar-refractivity contribution in [3.63, 3.8) is 0 Å². The molecule has 0 aliphatic heterocycles. The summed E-state index contributed by atoms with van der Waals surface area (Å²) < 4.78 is 35.2. The van der Waals surface area contributed by atoms with Gasteiger partial charge in [-0.05, 0) is 44.2 Å². The van der Waals surface area contributed by atoms with Gasteiger partial charge in [0, 0.05) is 16.7 Å². The third-order valence-electron chi connectivity index (χ3n) is 5.33. The first kappa shape index (κ1) is 24.7. The monoisotopic (exact) mass is 519 g/mol. The quantitative estimate of drug-likeness (QED) is 0.356. The number of nitrogens with zero attached hydrogens (tertiary/aromatic N) is 4. The first-order chi connectivity index (χ1) is 16.7. The van der Waals surface area contributed by atoms with Crippen molar-refractivity contribution in [2.75, 3.05) is 0 Å². The Kier molecular flexibility index (Phi) is 7.10. The SMILES string of the molecule is Cc1nc(Oc2ccc(Cl)cc2)sc1C(=O)N[C@H](C)[C@](O)(Cn1cncn1)c1ccc(F)cc1F. The van der Waals surface area contributed by atoms with Crippen molar-refractivity contribution < 1.29 is 23.4 Å². The lowest BCUT2D eigenvalue weighted by Gasteiger charge is -2.35. The molecule has 2 aromatic carbocycles. The molecule has 4 rings (SSSR count). The number of nitrogens with one attached hydrogen (secondary N) is 1. The topological polar surface area (TPSA) is 102 Å². The van der Waals surface area contributed by atoms with E-state index in [0.29, 0.717) is 22.5 Å². The molecule has 2 N–H and O–H groups in total. The Labute approximate surface area is 208 Å². The molecule has 8 nitrogen and oxygen atoms in total. The molecule has 0 saturated carbocycles. The Morgan fingerprint density at radius 3 is 2.69 bits per heavy atom. The predicted octanol–water partition coefficient (Wildman–Crippen LogP) is 4.47. The maximum absolute atomic E-state index is 14.7. The number of hydrogen-bond acceptors (Lipinski definition) is 7. The van der Waals surface area contributed by atoms with Crippen LogP contribution in [0.15, 0.2) is 55.1 Å². The summed E-state index contributed by atoms with van der Waals surface area (Å²) in [5.74, 6) is -1.80. The number of ether oxygens (including phenoxy) is 1. The van der Waals surface area contributed by atoms with E-state index >= 15 is 0 Å². The number of benzene rings is 2. The predicted molar refractivity (Wildman–Crippen MR) is 126 cm³/mol. The van der Waals surface area contributed by atoms with Crippen LogP contribution in [0.3, 0.4) is 0 Å². The molecule has 0 radical (unpaired) electrons. The minimum absolute atomic E-state index is 0.199. The Hall–Kier alpha value is -3.41. The molecule has 12 heteroatoms. The van der Waals surface area contributed by atoms with Crippen molar-refractivity contribution in [3.05, 3.63) is 87.9 Å². The summed E-state index contributed by atoms with van der Waals surface area (Å²) in [4.78, 5) is 21.5. The van der Waals surface area contributed by atoms with Gasteiger partial charge in [0.1, 0.15) is 40.5 Å². The average Bonchev–Trinajstić information content (AvgIpc) is 3.44. The molecule has 0 bridgehead atoms. The second-order valence-corrected chi connectivity index (χ2v) is 9.18. The van der Waals surface area contributed by atoms with E-state index in [1.54, 1.807) is 31.2 Å². The summed E-state index contributed by atoms with van der Waals surface area (Å²) in [6.07, 6.45) is 2.60. The minimum atomic E-state index is -1.98. The van der Waals surface area contributed by atoms with Crippen LogP contribution in [0.2, 0.25) is 5.02 Å². The highest BCUT2D eigenvalue weighted by atomic mass is 35.5. The van der Waals surface area contributed by atoms with Crippen LogP contribution in [0.25, 0.3) is 0 Å². The molecule has 2 atom stereocenters. The third-order valence-corrected chi connectivity index (χ3v) is 6.62. The lowest BCUT2D eigenvalue weighted by atomic mass is 9.86. The van der Waals surface area contributed by atoms with Crippen LogP contribution in [0.5, 0.6) is 10.9 Å². The fourth-order valence-corrected chi connectivity index (χ4v) is 4.43. The van der Waals surface area contributed by atoms with E-state index in [1.165, 1.54) is 24.3 Å². The van der Waals surface area contributed by atoms with Crippen LogP contribution in [0.4, 0.5) is 8.78 Å². The van der Waals surface area contributed by atoms with E-state index in [4.69, 9.17) is 16.3 Å². The van der Waals surface area contributed by atoms with Crippen molar-refractivity contribution >= 4 is 28.8 Å². The van der Waals surface area contributed by atoms with Gasteiger partial charge in [-0.2, -0.15) is 5.10 Å². The van der Waals surface area contributed by atoms with Crippen LogP contribution >= 0.6 is 22.9 Å². The number of hydrogen-bond donors (Lipinski definition) is 2. The molecule has 0 aliphatic carbocycles. The Balaban J connectivity index is 1.58. The molecule has 0 unspecified atom stereocenters. The first-order valence-corrected chi connectivity index (χ1v) is 11.6. The zero-order valence-corrected chi connectivity index (χ0v) is 20.1. The largest absolute Gasteiger partial charge is 0.431 e. The summed E-state index contributed by atoms with van der Waals surface area (Å²) in [5, 5.41) is 19.0. The number of amides is 1. The second kappa shape index (κ2) is 10.1. The van der Waals surface area contributed by atoms with Crippen molar-refractivity contribution in [3.8, 4) is 10.9 Å². The number of carbonyl (C=O) groups excluding carboxylic acids is 1. The molecule has 0 fully saturated rings. The standard InChI is InChI=1S/C23H20ClF2N5O3S/c1-13-20(35-22(29-13)34-17-6-3-15(24)4-7-17)21(32)30-14(2)23(33,10-31-12-27-11-28-31)18-8-5-16(25)9-19(18)26/h3-9,11-12,14,33H,10H2,1-2H3,(H,30,32)/t14-,23-/m1/s1. The highest BCUT2D eigenvalue weighted by Crippen LogP contribution is 2.32. The molecule has 182 valence electrons. The zero-order valence-electron chi connectivity index (χ0n) is 18.6. The van der Waals surface area contributed by atoms with E-state index in [-0.39, 0.29) is 22.2 Å². The Morgan fingerprint density at radius 1 is 1.29 bits per heavy atom. The van der Waals surface area contributed by atoms with Gasteiger partial charge in [0.2, 0.25) is 0 Å². The van der Waals surface area contributed by atoms with Crippen LogP contribution in [0, 0.1) is 18.6 Å². The van der Waals surface area contributed by atoms with Crippen molar-refractivity contribution in [2.24, 2.45) is 0 Å². The highest BCUT2D eigenvalue weighted by Gasteiger charge is 2.40. The van der Waals surface area contributed by atoms with E-state index in [1.807, 2.05) is 0 Å². The van der Waals surface area contributed by atoms with E-state index < -0.39 is 29.2 Å². The number of aryl methyl sites for hydroxylation is 1. The molecule has 0 spiro atoms. The van der Waals surface area contributed by atoms with Gasteiger partial charge < -0.3 is 15.2 Å². The first-order valence-electron chi connectivity index (χ1n) is 10.4. The molecule has 2 heterocycles. The van der Waals surface area contributed by atoms with Gasteiger partial charge in [0.05, 0.1) is 18.3 Å². The molecule has 1 amide bonds. The lowest BCUT2D eigenvalue weighted by molar-refractivity contribution is -0.0185. The van der Waals surface area contributed by atoms with Crippen LogP contribution in [-0.2, 0) is 12.1 Å². The Bertz CT molecular complexity index is 1330. The summed E-state index contributed by atoms with van der Waals surface area (Å²) in [6, 6.07) is 8.48. The molecule has 0 aliphatic rings. The van der Waals surface area contributed by atoms with Crippen molar-refractivity contribution in [2.45, 2.75) is 32.0 Å². The summed E-state index contributed by atoms with van der Waals surface area (Å²) in [7, 11) is 0. The second-order valence-electron chi connectivity index (χ2n) is 7.79. The van der Waals surface area contributed by atoms with Gasteiger partial charge in [0.15, 0.2) is 0 Å². The number of aliphatic hydroxyl groups is 1. The highest BCUT2D eigenvalue weighted by molar-refractivity contribution is 7.15. The minimum Gasteiger partial charge on any atom is -0.431 e. The number of carbonyl (C=O) groups is 1. The van der Waals surface area contributed by atoms with Gasteiger partial charge in [-0.1, -0.05) is 29.0 Å². The van der Waals surface area contributed by atoms with Crippen LogP contribution in [-0.4, -0.2) is 36.8 Å². The van der Waals surface area contributed by atoms with E-state index in [2.05, 4.69) is 20.4 Å². The Morgan fingerprint density at radius 2 is 2.03 bits per heavy atom. The number of rotatable bonds is 8. The van der Waals surface area contributed by atoms with E-state index in [0.717, 1.165) is 23.5 Å². The third kappa shape index (κ3) is 5.47. The lowest BCUT2D eigenvalue weighted by Crippen LogP contribution is -2.51. The van der Waals surface area contributed by atoms with Gasteiger partial charge >= 0.3 is 0 Å². The maximum Gasteiger partial charge on any atom is 0.279 e. The van der Waals surface area contributed by atoms with E-state index in [9.17, 15) is 18.7 Å².